The molecule has 0 aliphatic heterocycles. The van der Waals surface area contributed by atoms with Gasteiger partial charge in [0.1, 0.15) is 29.7 Å². The van der Waals surface area contributed by atoms with E-state index in [1.807, 2.05) is 171 Å². The van der Waals surface area contributed by atoms with Crippen LogP contribution in [0.5, 0.6) is 23.0 Å². The SMILES string of the molecule is CN(C)P(=NOC(Oc1ccccc1)Oc1ccccc1)(N(C)C)N(C)COC(Oc1ccccc1)Oc1ccccc1. The zero-order valence-corrected chi connectivity index (χ0v) is 26.0. The van der Waals surface area contributed by atoms with Gasteiger partial charge in [-0.25, -0.2) is 4.67 Å². The Morgan fingerprint density at radius 2 is 0.837 bits per heavy atom. The van der Waals surface area contributed by atoms with Crippen molar-refractivity contribution in [2.24, 2.45) is 4.91 Å². The summed E-state index contributed by atoms with van der Waals surface area (Å²) in [5.74, 6) is 2.37. The fourth-order valence-electron chi connectivity index (χ4n) is 4.12. The molecule has 228 valence electrons. The number of para-hydroxylation sites is 4. The first kappa shape index (κ1) is 32.0. The molecule has 0 N–H and O–H groups in total. The van der Waals surface area contributed by atoms with Crippen molar-refractivity contribution >= 4 is 7.51 Å². The number of rotatable bonds is 16. The molecule has 0 aromatic heterocycles. The second-order valence-corrected chi connectivity index (χ2v) is 13.2. The third-order valence-electron chi connectivity index (χ3n) is 6.07. The van der Waals surface area contributed by atoms with Crippen LogP contribution in [0.4, 0.5) is 0 Å². The lowest BCUT2D eigenvalue weighted by Gasteiger charge is -2.41. The molecule has 0 atom stereocenters. The molecule has 0 amide bonds. The normalized spacial score (nSPS) is 11.8. The van der Waals surface area contributed by atoms with E-state index >= 15 is 0 Å². The number of hydrogen-bond donors (Lipinski definition) is 0. The molecule has 4 aromatic rings. The lowest BCUT2D eigenvalue weighted by atomic mass is 10.3. The highest BCUT2D eigenvalue weighted by Gasteiger charge is 2.34. The summed E-state index contributed by atoms with van der Waals surface area (Å²) in [6.45, 7) is -2.10. The minimum absolute atomic E-state index is 0.0884. The number of ether oxygens (including phenoxy) is 5. The van der Waals surface area contributed by atoms with Gasteiger partial charge < -0.3 is 18.9 Å². The molecular weight excluding hydrogens is 567 g/mol. The van der Waals surface area contributed by atoms with Crippen LogP contribution >= 0.6 is 7.51 Å². The predicted molar refractivity (Wildman–Crippen MR) is 167 cm³/mol. The predicted octanol–water partition coefficient (Wildman–Crippen LogP) is 6.78. The average Bonchev–Trinajstić information content (AvgIpc) is 3.02. The first-order valence-electron chi connectivity index (χ1n) is 13.7. The van der Waals surface area contributed by atoms with E-state index in [4.69, 9.17) is 33.4 Å². The second kappa shape index (κ2) is 16.1. The molecule has 0 saturated heterocycles. The highest BCUT2D eigenvalue weighted by Crippen LogP contribution is 2.56. The molecule has 0 saturated carbocycles. The van der Waals surface area contributed by atoms with E-state index < -0.39 is 20.5 Å². The number of hydrogen-bond acceptors (Lipinski definition) is 7. The largest absolute Gasteiger partial charge is 0.432 e. The quantitative estimate of drug-likeness (QED) is 0.0780. The average molecular weight is 607 g/mol. The van der Waals surface area contributed by atoms with Crippen molar-refractivity contribution < 1.29 is 28.5 Å². The second-order valence-electron chi connectivity index (χ2n) is 9.67. The van der Waals surface area contributed by atoms with Crippen molar-refractivity contribution in [3.05, 3.63) is 121 Å². The highest BCUT2D eigenvalue weighted by molar-refractivity contribution is 7.58. The van der Waals surface area contributed by atoms with Crippen LogP contribution in [0.3, 0.4) is 0 Å². The van der Waals surface area contributed by atoms with Gasteiger partial charge in [0.25, 0.3) is 0 Å². The molecule has 43 heavy (non-hydrogen) atoms. The number of benzene rings is 4. The summed E-state index contributed by atoms with van der Waals surface area (Å²) in [5, 5.41) is 0. The highest BCUT2D eigenvalue weighted by atomic mass is 31.2. The Morgan fingerprint density at radius 1 is 0.512 bits per heavy atom. The summed E-state index contributed by atoms with van der Waals surface area (Å²) in [4.78, 5) is 10.8. The van der Waals surface area contributed by atoms with Gasteiger partial charge in [-0.2, -0.15) is 4.84 Å². The van der Waals surface area contributed by atoms with Crippen molar-refractivity contribution in [3.8, 4) is 23.0 Å². The van der Waals surface area contributed by atoms with Crippen LogP contribution in [0.15, 0.2) is 126 Å². The maximum Gasteiger partial charge on any atom is 0.383 e. The summed E-state index contributed by atoms with van der Waals surface area (Å²) in [6, 6.07) is 37.4. The molecule has 0 spiro atoms. The van der Waals surface area contributed by atoms with Crippen LogP contribution in [-0.4, -0.2) is 68.9 Å². The molecule has 0 aliphatic carbocycles. The Morgan fingerprint density at radius 3 is 1.16 bits per heavy atom. The van der Waals surface area contributed by atoms with Crippen molar-refractivity contribution in [2.75, 3.05) is 42.0 Å². The van der Waals surface area contributed by atoms with Gasteiger partial charge in [0.15, 0.2) is 7.51 Å². The summed E-state index contributed by atoms with van der Waals surface area (Å²) in [6.07, 6.45) is 0. The van der Waals surface area contributed by atoms with E-state index in [1.54, 1.807) is 0 Å². The Balaban J connectivity index is 1.56. The van der Waals surface area contributed by atoms with Crippen LogP contribution in [-0.2, 0) is 9.57 Å². The van der Waals surface area contributed by atoms with Crippen molar-refractivity contribution in [1.82, 2.24) is 14.0 Å². The monoisotopic (exact) mass is 606 g/mol. The molecular formula is C32H39N4O6P. The maximum atomic E-state index is 6.19. The third-order valence-corrected chi connectivity index (χ3v) is 9.57. The van der Waals surface area contributed by atoms with Crippen LogP contribution in [0, 0.1) is 0 Å². The van der Waals surface area contributed by atoms with Gasteiger partial charge in [0.2, 0.25) is 0 Å². The molecule has 0 heterocycles. The lowest BCUT2D eigenvalue weighted by Crippen LogP contribution is -2.38. The van der Waals surface area contributed by atoms with E-state index in [9.17, 15) is 0 Å². The summed E-state index contributed by atoms with van der Waals surface area (Å²) in [5.41, 5.74) is 0. The molecule has 4 aromatic carbocycles. The summed E-state index contributed by atoms with van der Waals surface area (Å²) < 4.78 is 36.3. The van der Waals surface area contributed by atoms with E-state index in [0.29, 0.717) is 23.0 Å². The Bertz CT molecular complexity index is 1300. The van der Waals surface area contributed by atoms with Gasteiger partial charge in [-0.05, 0) is 83.8 Å². The fraction of sp³-hybridized carbons (Fsp3) is 0.250. The van der Waals surface area contributed by atoms with Crippen LogP contribution < -0.4 is 18.9 Å². The first-order chi connectivity index (χ1) is 20.9. The molecule has 0 fully saturated rings. The fourth-order valence-corrected chi connectivity index (χ4v) is 6.90. The molecule has 0 radical (unpaired) electrons. The third kappa shape index (κ3) is 9.30. The molecule has 0 bridgehead atoms. The molecule has 11 heteroatoms. The van der Waals surface area contributed by atoms with Gasteiger partial charge in [-0.3, -0.25) is 14.1 Å². The zero-order chi connectivity index (χ0) is 30.5. The zero-order valence-electron chi connectivity index (χ0n) is 25.1. The van der Waals surface area contributed by atoms with E-state index in [0.717, 1.165) is 0 Å². The van der Waals surface area contributed by atoms with Crippen molar-refractivity contribution in [1.29, 1.82) is 0 Å². The van der Waals surface area contributed by atoms with Gasteiger partial charge >= 0.3 is 13.0 Å². The van der Waals surface area contributed by atoms with Crippen LogP contribution in [0.1, 0.15) is 0 Å². The van der Waals surface area contributed by atoms with Crippen LogP contribution in [0.2, 0.25) is 0 Å². The van der Waals surface area contributed by atoms with Crippen molar-refractivity contribution in [2.45, 2.75) is 13.0 Å². The van der Waals surface area contributed by atoms with Gasteiger partial charge in [-0.1, -0.05) is 72.8 Å². The Kier molecular flexibility index (Phi) is 12.0. The summed E-state index contributed by atoms with van der Waals surface area (Å²) >= 11 is 0. The van der Waals surface area contributed by atoms with Crippen molar-refractivity contribution in [3.63, 3.8) is 0 Å². The van der Waals surface area contributed by atoms with Crippen LogP contribution in [0.25, 0.3) is 0 Å². The van der Waals surface area contributed by atoms with Gasteiger partial charge in [0.05, 0.1) is 0 Å². The Labute approximate surface area is 254 Å². The molecule has 10 nitrogen and oxygen atoms in total. The van der Waals surface area contributed by atoms with E-state index in [2.05, 4.69) is 0 Å². The lowest BCUT2D eigenvalue weighted by molar-refractivity contribution is -0.212. The Hall–Kier alpha value is -3.89. The minimum Gasteiger partial charge on any atom is -0.432 e. The standard InChI is InChI=1S/C32H39N4O6P/c1-34(2)43(35(3)4,33-42-32(40-29-22-14-8-15-23-29)41-30-24-16-9-17-25-30)36(5)26-37-31(38-27-18-10-6-11-19-27)39-28-20-12-7-13-21-28/h6-25,31-32H,26H2,1-5H3. The summed E-state index contributed by atoms with van der Waals surface area (Å²) in [7, 11) is 6.91. The first-order valence-corrected chi connectivity index (χ1v) is 15.3. The number of nitrogens with zero attached hydrogens (tertiary/aromatic N) is 4. The van der Waals surface area contributed by atoms with E-state index in [-0.39, 0.29) is 6.73 Å². The molecule has 0 unspecified atom stereocenters. The topological polar surface area (TPSA) is 77.5 Å². The van der Waals surface area contributed by atoms with E-state index in [1.165, 1.54) is 0 Å². The maximum absolute atomic E-state index is 6.19. The smallest absolute Gasteiger partial charge is 0.383 e. The molecule has 0 aliphatic rings. The van der Waals surface area contributed by atoms with Gasteiger partial charge in [-0.15, -0.1) is 4.91 Å². The van der Waals surface area contributed by atoms with Gasteiger partial charge in [0, 0.05) is 0 Å². The minimum atomic E-state index is -2.71. The molecule has 4 rings (SSSR count).